The van der Waals surface area contributed by atoms with Crippen LogP contribution in [0.15, 0.2) is 12.3 Å². The zero-order valence-corrected chi connectivity index (χ0v) is 10.5. The highest BCUT2D eigenvalue weighted by atomic mass is 14.9. The highest BCUT2D eigenvalue weighted by Gasteiger charge is 2.13. The first-order valence-electron chi connectivity index (χ1n) is 6.28. The zero-order valence-electron chi connectivity index (χ0n) is 10.5. The molecule has 1 unspecified atom stereocenters. The van der Waals surface area contributed by atoms with Crippen molar-refractivity contribution in [3.63, 3.8) is 0 Å². The molecule has 1 atom stereocenters. The molecule has 1 aromatic heterocycles. The Morgan fingerprint density at radius 1 is 1.38 bits per heavy atom. The molecule has 0 fully saturated rings. The van der Waals surface area contributed by atoms with E-state index in [-0.39, 0.29) is 0 Å². The minimum absolute atomic E-state index is 0.537. The molecular formula is C14H22N2. The van der Waals surface area contributed by atoms with E-state index in [2.05, 4.69) is 49.4 Å². The quantitative estimate of drug-likeness (QED) is 0.799. The van der Waals surface area contributed by atoms with E-state index < -0.39 is 0 Å². The summed E-state index contributed by atoms with van der Waals surface area (Å²) in [5.41, 5.74) is 4.30. The number of aromatic nitrogens is 1. The van der Waals surface area contributed by atoms with Crippen molar-refractivity contribution >= 4 is 6.08 Å². The van der Waals surface area contributed by atoms with E-state index in [4.69, 9.17) is 0 Å². The molecule has 0 spiro atoms. The number of rotatable bonds is 4. The molecule has 0 aliphatic heterocycles. The fourth-order valence-corrected chi connectivity index (χ4v) is 2.49. The van der Waals surface area contributed by atoms with Gasteiger partial charge in [-0.15, -0.1) is 0 Å². The average molecular weight is 218 g/mol. The van der Waals surface area contributed by atoms with Gasteiger partial charge in [0.15, 0.2) is 0 Å². The van der Waals surface area contributed by atoms with Crippen LogP contribution in [0.25, 0.3) is 6.08 Å². The fourth-order valence-electron chi connectivity index (χ4n) is 2.49. The summed E-state index contributed by atoms with van der Waals surface area (Å²) in [6.07, 6.45) is 10.2. The number of hydrogen-bond donors (Lipinski definition) is 2. The molecule has 1 heterocycles. The Labute approximate surface area is 98.1 Å². The minimum Gasteiger partial charge on any atom is -0.364 e. The van der Waals surface area contributed by atoms with E-state index in [0.717, 1.165) is 12.8 Å². The third kappa shape index (κ3) is 2.56. The van der Waals surface area contributed by atoms with Gasteiger partial charge in [-0.3, -0.25) is 0 Å². The summed E-state index contributed by atoms with van der Waals surface area (Å²) < 4.78 is 0. The van der Waals surface area contributed by atoms with Crippen LogP contribution in [0, 0.1) is 0 Å². The zero-order chi connectivity index (χ0) is 11.5. The Balaban J connectivity index is 2.05. The summed E-state index contributed by atoms with van der Waals surface area (Å²) >= 11 is 0. The minimum atomic E-state index is 0.537. The van der Waals surface area contributed by atoms with E-state index >= 15 is 0 Å². The van der Waals surface area contributed by atoms with Gasteiger partial charge >= 0.3 is 0 Å². The molecular weight excluding hydrogens is 196 g/mol. The topological polar surface area (TPSA) is 27.8 Å². The van der Waals surface area contributed by atoms with Crippen molar-refractivity contribution in [3.8, 4) is 0 Å². The molecule has 0 bridgehead atoms. The molecule has 0 saturated heterocycles. The second kappa shape index (κ2) is 4.88. The van der Waals surface area contributed by atoms with Crippen LogP contribution in [-0.2, 0) is 12.8 Å². The van der Waals surface area contributed by atoms with Gasteiger partial charge in [-0.1, -0.05) is 26.0 Å². The lowest BCUT2D eigenvalue weighted by Gasteiger charge is -2.17. The summed E-state index contributed by atoms with van der Waals surface area (Å²) in [4.78, 5) is 3.41. The van der Waals surface area contributed by atoms with Gasteiger partial charge in [0.25, 0.3) is 0 Å². The van der Waals surface area contributed by atoms with Crippen molar-refractivity contribution in [2.75, 3.05) is 0 Å². The van der Waals surface area contributed by atoms with Crippen molar-refractivity contribution in [2.24, 2.45) is 0 Å². The van der Waals surface area contributed by atoms with Gasteiger partial charge in [-0.25, -0.2) is 0 Å². The Kier molecular flexibility index (Phi) is 3.49. The van der Waals surface area contributed by atoms with Crippen molar-refractivity contribution in [1.29, 1.82) is 0 Å². The summed E-state index contributed by atoms with van der Waals surface area (Å²) in [6.45, 7) is 6.65. The molecule has 1 aliphatic rings. The highest BCUT2D eigenvalue weighted by Crippen LogP contribution is 2.23. The molecule has 88 valence electrons. The Morgan fingerprint density at radius 2 is 2.19 bits per heavy atom. The maximum absolute atomic E-state index is 3.55. The van der Waals surface area contributed by atoms with Crippen molar-refractivity contribution < 1.29 is 0 Å². The predicted molar refractivity (Wildman–Crippen MR) is 69.6 cm³/mol. The van der Waals surface area contributed by atoms with Crippen LogP contribution >= 0.6 is 0 Å². The molecule has 0 aromatic carbocycles. The molecule has 0 saturated carbocycles. The van der Waals surface area contributed by atoms with Crippen LogP contribution < -0.4 is 5.32 Å². The molecule has 2 heteroatoms. The van der Waals surface area contributed by atoms with Crippen molar-refractivity contribution in [2.45, 2.75) is 52.1 Å². The molecule has 2 nitrogen and oxygen atoms in total. The number of H-pyrrole nitrogens is 1. The maximum Gasteiger partial charge on any atom is 0.0226 e. The van der Waals surface area contributed by atoms with Gasteiger partial charge in [-0.05, 0) is 37.3 Å². The summed E-state index contributed by atoms with van der Waals surface area (Å²) in [5, 5.41) is 3.55. The number of aromatic amines is 1. The van der Waals surface area contributed by atoms with Gasteiger partial charge < -0.3 is 10.3 Å². The van der Waals surface area contributed by atoms with Crippen LogP contribution in [0.2, 0.25) is 0 Å². The lowest BCUT2D eigenvalue weighted by molar-refractivity contribution is 0.487. The largest absolute Gasteiger partial charge is 0.364 e. The van der Waals surface area contributed by atoms with Gasteiger partial charge in [0, 0.05) is 24.0 Å². The van der Waals surface area contributed by atoms with Gasteiger partial charge in [0.1, 0.15) is 0 Å². The average Bonchev–Trinajstić information content (AvgIpc) is 2.61. The standard InChI is InChI=1S/C14H22N2/c1-10(2)16-11(3)8-12-9-15-14-7-5-4-6-13(12)14/h4,6,9-11,15-16H,5,7-8H2,1-3H3. The van der Waals surface area contributed by atoms with E-state index in [1.165, 1.54) is 23.2 Å². The summed E-state index contributed by atoms with van der Waals surface area (Å²) in [6, 6.07) is 1.09. The lowest BCUT2D eigenvalue weighted by atomic mass is 9.98. The molecule has 1 aliphatic carbocycles. The van der Waals surface area contributed by atoms with Crippen LogP contribution in [0.5, 0.6) is 0 Å². The second-order valence-corrected chi connectivity index (χ2v) is 5.07. The number of fused-ring (bicyclic) bond motifs is 1. The molecule has 2 rings (SSSR count). The fraction of sp³-hybridized carbons (Fsp3) is 0.571. The molecule has 0 amide bonds. The number of aryl methyl sites for hydroxylation is 1. The molecule has 16 heavy (non-hydrogen) atoms. The third-order valence-corrected chi connectivity index (χ3v) is 3.08. The Hall–Kier alpha value is -1.02. The Bertz CT molecular complexity index is 374. The van der Waals surface area contributed by atoms with E-state index in [0.29, 0.717) is 12.1 Å². The summed E-state index contributed by atoms with van der Waals surface area (Å²) in [7, 11) is 0. The smallest absolute Gasteiger partial charge is 0.0226 e. The van der Waals surface area contributed by atoms with Crippen LogP contribution in [0.1, 0.15) is 44.0 Å². The highest BCUT2D eigenvalue weighted by molar-refractivity contribution is 5.59. The number of hydrogen-bond acceptors (Lipinski definition) is 1. The third-order valence-electron chi connectivity index (χ3n) is 3.08. The SMILES string of the molecule is CC(C)NC(C)Cc1c[nH]c2c1C=CCC2. The Morgan fingerprint density at radius 3 is 2.94 bits per heavy atom. The number of allylic oxidation sites excluding steroid dienone is 1. The molecule has 0 radical (unpaired) electrons. The first-order chi connectivity index (χ1) is 7.66. The molecule has 2 N–H and O–H groups in total. The van der Waals surface area contributed by atoms with E-state index in [1.54, 1.807) is 0 Å². The van der Waals surface area contributed by atoms with Crippen LogP contribution in [-0.4, -0.2) is 17.1 Å². The molecule has 1 aromatic rings. The normalized spacial score (nSPS) is 16.5. The first-order valence-corrected chi connectivity index (χ1v) is 6.28. The maximum atomic E-state index is 3.55. The van der Waals surface area contributed by atoms with Crippen LogP contribution in [0.4, 0.5) is 0 Å². The van der Waals surface area contributed by atoms with Gasteiger partial charge in [0.05, 0.1) is 0 Å². The van der Waals surface area contributed by atoms with E-state index in [1.807, 2.05) is 0 Å². The first kappa shape index (κ1) is 11.5. The van der Waals surface area contributed by atoms with Gasteiger partial charge in [-0.2, -0.15) is 0 Å². The van der Waals surface area contributed by atoms with Gasteiger partial charge in [0.2, 0.25) is 0 Å². The number of nitrogens with one attached hydrogen (secondary N) is 2. The second-order valence-electron chi connectivity index (χ2n) is 5.07. The predicted octanol–water partition coefficient (Wildman–Crippen LogP) is 2.90. The van der Waals surface area contributed by atoms with E-state index in [9.17, 15) is 0 Å². The lowest BCUT2D eigenvalue weighted by Crippen LogP contribution is -2.33. The van der Waals surface area contributed by atoms with Crippen molar-refractivity contribution in [1.82, 2.24) is 10.3 Å². The van der Waals surface area contributed by atoms with Crippen LogP contribution in [0.3, 0.4) is 0 Å². The summed E-state index contributed by atoms with van der Waals surface area (Å²) in [5.74, 6) is 0. The van der Waals surface area contributed by atoms with Crippen molar-refractivity contribution in [3.05, 3.63) is 29.1 Å². The monoisotopic (exact) mass is 218 g/mol.